The van der Waals surface area contributed by atoms with E-state index in [2.05, 4.69) is 24.1 Å². The quantitative estimate of drug-likeness (QED) is 0.748. The molecule has 1 atom stereocenters. The first-order valence-corrected chi connectivity index (χ1v) is 12.2. The van der Waals surface area contributed by atoms with Crippen LogP contribution in [0.2, 0.25) is 4.34 Å². The Balaban J connectivity index is 1.66. The molecule has 0 saturated carbocycles. The first-order valence-electron chi connectivity index (χ1n) is 9.54. The summed E-state index contributed by atoms with van der Waals surface area (Å²) in [5, 5.41) is 1.90. The molecule has 3 heterocycles. The molecule has 0 radical (unpaired) electrons. The van der Waals surface area contributed by atoms with Crippen molar-refractivity contribution in [1.29, 1.82) is 0 Å². The summed E-state index contributed by atoms with van der Waals surface area (Å²) in [5.74, 6) is -0.670. The van der Waals surface area contributed by atoms with E-state index in [1.165, 1.54) is 0 Å². The number of hydrogen-bond donors (Lipinski definition) is 1. The lowest BCUT2D eigenvalue weighted by Crippen LogP contribution is -2.57. The molecule has 1 aromatic heterocycles. The lowest BCUT2D eigenvalue weighted by Gasteiger charge is -2.42. The zero-order valence-electron chi connectivity index (χ0n) is 16.1. The maximum absolute atomic E-state index is 13.1. The zero-order chi connectivity index (χ0) is 20.5. The highest BCUT2D eigenvalue weighted by Crippen LogP contribution is 2.29. The molecule has 3 rings (SSSR count). The fourth-order valence-electron chi connectivity index (χ4n) is 3.83. The first kappa shape index (κ1) is 21.5. The average Bonchev–Trinajstić information content (AvgIpc) is 3.07. The molecule has 0 aromatic carbocycles. The van der Waals surface area contributed by atoms with Crippen LogP contribution < -0.4 is 5.32 Å². The van der Waals surface area contributed by atoms with Crippen molar-refractivity contribution in [1.82, 2.24) is 14.5 Å². The van der Waals surface area contributed by atoms with E-state index in [1.807, 2.05) is 0 Å². The number of thiophene rings is 1. The van der Waals surface area contributed by atoms with Crippen molar-refractivity contribution in [2.45, 2.75) is 56.9 Å². The van der Waals surface area contributed by atoms with Crippen LogP contribution >= 0.6 is 22.9 Å². The number of carbonyl (C=O) groups is 2. The third-order valence-corrected chi connectivity index (χ3v) is 8.99. The van der Waals surface area contributed by atoms with Crippen LogP contribution in [-0.4, -0.2) is 66.4 Å². The normalized spacial score (nSPS) is 23.9. The number of likely N-dealkylation sites (tertiary alicyclic amines) is 1. The van der Waals surface area contributed by atoms with Crippen LogP contribution in [-0.2, 0) is 14.8 Å². The number of carbonyl (C=O) groups excluding carboxylic acids is 2. The molecule has 2 saturated heterocycles. The Morgan fingerprint density at radius 1 is 1.29 bits per heavy atom. The minimum Gasteiger partial charge on any atom is -0.350 e. The predicted octanol–water partition coefficient (Wildman–Crippen LogP) is 2.32. The van der Waals surface area contributed by atoms with Gasteiger partial charge in [0.05, 0.1) is 20.5 Å². The molecule has 0 aliphatic carbocycles. The number of sulfonamides is 1. The third kappa shape index (κ3) is 4.53. The van der Waals surface area contributed by atoms with E-state index < -0.39 is 15.3 Å². The molecular weight excluding hydrogens is 422 g/mol. The van der Waals surface area contributed by atoms with Crippen LogP contribution in [0.4, 0.5) is 0 Å². The highest BCUT2D eigenvalue weighted by molar-refractivity contribution is 7.90. The van der Waals surface area contributed by atoms with Crippen molar-refractivity contribution in [2.24, 2.45) is 0 Å². The van der Waals surface area contributed by atoms with Gasteiger partial charge in [0, 0.05) is 32.1 Å². The Morgan fingerprint density at radius 2 is 1.96 bits per heavy atom. The number of nitrogens with one attached hydrogen (secondary N) is 1. The maximum Gasteiger partial charge on any atom is 0.261 e. The minimum atomic E-state index is -3.80. The molecule has 7 nitrogen and oxygen atoms in total. The van der Waals surface area contributed by atoms with Crippen LogP contribution in [0.1, 0.15) is 49.2 Å². The molecule has 2 amide bonds. The number of rotatable bonds is 5. The highest BCUT2D eigenvalue weighted by atomic mass is 35.5. The number of halogens is 1. The summed E-state index contributed by atoms with van der Waals surface area (Å²) < 4.78 is 27.8. The van der Waals surface area contributed by atoms with E-state index in [1.54, 1.807) is 12.1 Å². The summed E-state index contributed by atoms with van der Waals surface area (Å²) in [6.07, 6.45) is 1.72. The molecule has 2 fully saturated rings. The molecule has 2 aliphatic heterocycles. The summed E-state index contributed by atoms with van der Waals surface area (Å²) in [7, 11) is -3.80. The number of hydrogen-bond acceptors (Lipinski definition) is 6. The van der Waals surface area contributed by atoms with Gasteiger partial charge in [-0.15, -0.1) is 11.3 Å². The lowest BCUT2D eigenvalue weighted by molar-refractivity contribution is -0.129. The monoisotopic (exact) mass is 447 g/mol. The molecule has 156 valence electrons. The van der Waals surface area contributed by atoms with Crippen molar-refractivity contribution in [3.05, 3.63) is 21.3 Å². The second-order valence-electron chi connectivity index (χ2n) is 7.57. The van der Waals surface area contributed by atoms with Crippen LogP contribution in [0.25, 0.3) is 0 Å². The summed E-state index contributed by atoms with van der Waals surface area (Å²) in [4.78, 5) is 27.4. The van der Waals surface area contributed by atoms with E-state index in [9.17, 15) is 18.0 Å². The van der Waals surface area contributed by atoms with Gasteiger partial charge in [-0.05, 0) is 45.2 Å². The van der Waals surface area contributed by atoms with Gasteiger partial charge in [0.15, 0.2) is 0 Å². The van der Waals surface area contributed by atoms with Crippen molar-refractivity contribution in [2.75, 3.05) is 19.6 Å². The van der Waals surface area contributed by atoms with Crippen LogP contribution in [0, 0.1) is 0 Å². The zero-order valence-corrected chi connectivity index (χ0v) is 18.4. The van der Waals surface area contributed by atoms with E-state index in [-0.39, 0.29) is 37.2 Å². The summed E-state index contributed by atoms with van der Waals surface area (Å²) in [6.45, 7) is 5.78. The minimum absolute atomic E-state index is 0.00863. The van der Waals surface area contributed by atoms with Gasteiger partial charge in [0.2, 0.25) is 15.9 Å². The molecule has 1 N–H and O–H groups in total. The molecule has 2 aliphatic rings. The molecule has 0 bridgehead atoms. The van der Waals surface area contributed by atoms with Gasteiger partial charge in [-0.2, -0.15) is 0 Å². The number of piperidine rings is 1. The second-order valence-corrected chi connectivity index (χ2v) is 11.4. The van der Waals surface area contributed by atoms with Gasteiger partial charge in [-0.3, -0.25) is 9.59 Å². The van der Waals surface area contributed by atoms with Gasteiger partial charge in [-0.25, -0.2) is 12.7 Å². The molecular formula is C18H26ClN3O4S2. The third-order valence-electron chi connectivity index (χ3n) is 5.47. The molecule has 0 spiro atoms. The average molecular weight is 448 g/mol. The highest BCUT2D eigenvalue weighted by Gasteiger charge is 2.44. The van der Waals surface area contributed by atoms with Gasteiger partial charge in [-0.1, -0.05) is 11.6 Å². The fraction of sp³-hybridized carbons (Fsp3) is 0.667. The first-order chi connectivity index (χ1) is 13.2. The summed E-state index contributed by atoms with van der Waals surface area (Å²) >= 11 is 6.99. The Labute approximate surface area is 175 Å². The number of nitrogens with zero attached hydrogens (tertiary/aromatic N) is 2. The van der Waals surface area contributed by atoms with Crippen LogP contribution in [0.5, 0.6) is 0 Å². The lowest BCUT2D eigenvalue weighted by atomic mass is 10.0. The van der Waals surface area contributed by atoms with Gasteiger partial charge in [0.25, 0.3) is 5.91 Å². The van der Waals surface area contributed by atoms with Crippen molar-refractivity contribution < 1.29 is 18.0 Å². The Bertz CT molecular complexity index is 832. The molecule has 10 heteroatoms. The standard InChI is InChI=1S/C18H26ClN3O4S2/c1-12(2)21-9-7-13(8-10-21)22-17(23)6-3-14(28(22,25)26)11-20-18(24)15-4-5-16(19)27-15/h4-5,12-14H,3,6-11H2,1-2H3,(H,20,24). The largest absolute Gasteiger partial charge is 0.350 e. The molecule has 28 heavy (non-hydrogen) atoms. The summed E-state index contributed by atoms with van der Waals surface area (Å²) in [5.41, 5.74) is 0. The van der Waals surface area contributed by atoms with E-state index >= 15 is 0 Å². The Kier molecular flexibility index (Phi) is 6.69. The van der Waals surface area contributed by atoms with Gasteiger partial charge < -0.3 is 10.2 Å². The maximum atomic E-state index is 13.1. The Morgan fingerprint density at radius 3 is 2.54 bits per heavy atom. The van der Waals surface area contributed by atoms with Crippen molar-refractivity contribution in [3.63, 3.8) is 0 Å². The topological polar surface area (TPSA) is 86.8 Å². The van der Waals surface area contributed by atoms with Gasteiger partial charge >= 0.3 is 0 Å². The second kappa shape index (κ2) is 8.69. The fourth-order valence-corrected chi connectivity index (χ4v) is 6.82. The van der Waals surface area contributed by atoms with Crippen LogP contribution in [0.3, 0.4) is 0 Å². The predicted molar refractivity (Wildman–Crippen MR) is 110 cm³/mol. The SMILES string of the molecule is CC(C)N1CCC(N2C(=O)CCC(CNC(=O)c3ccc(Cl)s3)S2(=O)=O)CC1. The van der Waals surface area contributed by atoms with Crippen LogP contribution in [0.15, 0.2) is 12.1 Å². The van der Waals surface area contributed by atoms with E-state index in [0.717, 1.165) is 28.7 Å². The molecule has 1 unspecified atom stereocenters. The van der Waals surface area contributed by atoms with Crippen molar-refractivity contribution in [3.8, 4) is 0 Å². The molecule has 1 aromatic rings. The smallest absolute Gasteiger partial charge is 0.261 e. The van der Waals surface area contributed by atoms with E-state index in [0.29, 0.717) is 28.1 Å². The summed E-state index contributed by atoms with van der Waals surface area (Å²) in [6, 6.07) is 3.35. The Hall–Kier alpha value is -1.16. The number of amides is 2. The van der Waals surface area contributed by atoms with E-state index in [4.69, 9.17) is 11.6 Å². The van der Waals surface area contributed by atoms with Crippen molar-refractivity contribution >= 4 is 44.8 Å². The van der Waals surface area contributed by atoms with Gasteiger partial charge in [0.1, 0.15) is 0 Å².